The molecule has 146 valence electrons. The Morgan fingerprint density at radius 1 is 1.10 bits per heavy atom. The van der Waals surface area contributed by atoms with E-state index in [1.165, 1.54) is 16.6 Å². The lowest BCUT2D eigenvalue weighted by Gasteiger charge is -2.08. The van der Waals surface area contributed by atoms with E-state index >= 15 is 0 Å². The molecule has 0 aliphatic carbocycles. The molecule has 2 heterocycles. The molecule has 4 rings (SSSR count). The number of fused-ring (bicyclic) bond motifs is 1. The second-order valence-electron chi connectivity index (χ2n) is 6.06. The predicted octanol–water partition coefficient (Wildman–Crippen LogP) is 3.50. The van der Waals surface area contributed by atoms with Gasteiger partial charge in [-0.15, -0.1) is 15.3 Å². The van der Waals surface area contributed by atoms with E-state index in [9.17, 15) is 9.18 Å². The number of nitrogens with zero attached hydrogens (tertiary/aromatic N) is 4. The van der Waals surface area contributed by atoms with E-state index in [-0.39, 0.29) is 18.3 Å². The van der Waals surface area contributed by atoms with Gasteiger partial charge >= 0.3 is 0 Å². The van der Waals surface area contributed by atoms with Gasteiger partial charge in [-0.25, -0.2) is 4.39 Å². The predicted molar refractivity (Wildman–Crippen MR) is 108 cm³/mol. The van der Waals surface area contributed by atoms with Crippen molar-refractivity contribution in [2.24, 2.45) is 0 Å². The molecule has 0 saturated carbocycles. The maximum absolute atomic E-state index is 13.5. The molecule has 1 N–H and O–H groups in total. The number of aromatic nitrogens is 4. The van der Waals surface area contributed by atoms with E-state index in [2.05, 4.69) is 36.5 Å². The third-order valence-corrected chi connectivity index (χ3v) is 4.77. The molecule has 0 aliphatic rings. The highest BCUT2D eigenvalue weighted by atomic mass is 79.9. The van der Waals surface area contributed by atoms with Crippen molar-refractivity contribution in [2.75, 3.05) is 13.2 Å². The summed E-state index contributed by atoms with van der Waals surface area (Å²) in [7, 11) is 0. The zero-order chi connectivity index (χ0) is 20.2. The van der Waals surface area contributed by atoms with Gasteiger partial charge in [0, 0.05) is 16.1 Å². The zero-order valence-electron chi connectivity index (χ0n) is 15.0. The number of rotatable bonds is 6. The minimum atomic E-state index is -0.368. The molecule has 2 aromatic heterocycles. The van der Waals surface area contributed by atoms with E-state index in [0.717, 1.165) is 4.47 Å². The number of nitrogens with one attached hydrogen (secondary N) is 1. The van der Waals surface area contributed by atoms with Gasteiger partial charge in [0.05, 0.1) is 12.1 Å². The third-order valence-electron chi connectivity index (χ3n) is 4.08. The summed E-state index contributed by atoms with van der Waals surface area (Å²) in [6.45, 7) is 0.533. The fourth-order valence-electron chi connectivity index (χ4n) is 2.72. The number of carbonyl (C=O) groups is 1. The fraction of sp³-hybridized carbons (Fsp3) is 0.100. The van der Waals surface area contributed by atoms with Gasteiger partial charge in [0.1, 0.15) is 12.4 Å². The summed E-state index contributed by atoms with van der Waals surface area (Å²) >= 11 is 3.35. The summed E-state index contributed by atoms with van der Waals surface area (Å²) in [6.07, 6.45) is 0. The highest BCUT2D eigenvalue weighted by Crippen LogP contribution is 2.20. The molecule has 0 atom stereocenters. The van der Waals surface area contributed by atoms with Crippen LogP contribution in [-0.4, -0.2) is 38.9 Å². The molecular weight excluding hydrogens is 441 g/mol. The van der Waals surface area contributed by atoms with Crippen LogP contribution in [0.5, 0.6) is 5.88 Å². The smallest absolute Gasteiger partial charge is 0.252 e. The lowest BCUT2D eigenvalue weighted by Crippen LogP contribution is -2.28. The zero-order valence-corrected chi connectivity index (χ0v) is 16.6. The fourth-order valence-corrected chi connectivity index (χ4v) is 3.18. The van der Waals surface area contributed by atoms with Crippen LogP contribution in [0.1, 0.15) is 10.4 Å². The quantitative estimate of drug-likeness (QED) is 0.450. The standard InChI is InChI=1S/C20H15BrFN5O2/c21-16-7-2-1-6-15(16)20(28)23-10-11-29-18-9-8-17-24-25-19(27(17)26-18)13-4-3-5-14(22)12-13/h1-9,12H,10-11H2,(H,23,28). The van der Waals surface area contributed by atoms with Crippen molar-refractivity contribution in [1.82, 2.24) is 25.1 Å². The molecule has 7 nitrogen and oxygen atoms in total. The Kier molecular flexibility index (Phi) is 5.48. The van der Waals surface area contributed by atoms with E-state index < -0.39 is 0 Å². The van der Waals surface area contributed by atoms with Gasteiger partial charge in [0.2, 0.25) is 5.88 Å². The number of carbonyl (C=O) groups excluding carboxylic acids is 1. The monoisotopic (exact) mass is 455 g/mol. The summed E-state index contributed by atoms with van der Waals surface area (Å²) in [6, 6.07) is 16.6. The number of benzene rings is 2. The van der Waals surface area contributed by atoms with Crippen LogP contribution in [0.2, 0.25) is 0 Å². The van der Waals surface area contributed by atoms with E-state index in [1.807, 2.05) is 6.07 Å². The molecule has 0 radical (unpaired) electrons. The highest BCUT2D eigenvalue weighted by molar-refractivity contribution is 9.10. The van der Waals surface area contributed by atoms with Gasteiger partial charge in [-0.05, 0) is 46.3 Å². The topological polar surface area (TPSA) is 81.4 Å². The molecule has 0 aliphatic heterocycles. The van der Waals surface area contributed by atoms with Gasteiger partial charge in [0.15, 0.2) is 11.5 Å². The van der Waals surface area contributed by atoms with Crippen molar-refractivity contribution in [3.63, 3.8) is 0 Å². The molecule has 2 aromatic carbocycles. The Labute approximate surface area is 173 Å². The lowest BCUT2D eigenvalue weighted by atomic mass is 10.2. The molecular formula is C20H15BrFN5O2. The summed E-state index contributed by atoms with van der Waals surface area (Å²) in [5, 5.41) is 15.3. The van der Waals surface area contributed by atoms with Gasteiger partial charge < -0.3 is 10.1 Å². The second kappa shape index (κ2) is 8.36. The van der Waals surface area contributed by atoms with Crippen molar-refractivity contribution >= 4 is 27.5 Å². The molecule has 0 unspecified atom stereocenters. The summed E-state index contributed by atoms with van der Waals surface area (Å²) in [5.41, 5.74) is 1.62. The van der Waals surface area contributed by atoms with Crippen molar-refractivity contribution in [3.8, 4) is 17.3 Å². The summed E-state index contributed by atoms with van der Waals surface area (Å²) < 4.78 is 21.4. The normalized spacial score (nSPS) is 10.8. The molecule has 9 heteroatoms. The average Bonchev–Trinajstić information content (AvgIpc) is 3.15. The van der Waals surface area contributed by atoms with Gasteiger partial charge in [-0.2, -0.15) is 4.52 Å². The Morgan fingerprint density at radius 2 is 1.97 bits per heavy atom. The number of amides is 1. The Bertz CT molecular complexity index is 1180. The molecule has 1 amide bonds. The van der Waals surface area contributed by atoms with Crippen molar-refractivity contribution < 1.29 is 13.9 Å². The first kappa shape index (κ1) is 19.0. The summed E-state index contributed by atoms with van der Waals surface area (Å²) in [4.78, 5) is 12.2. The van der Waals surface area contributed by atoms with Crippen LogP contribution >= 0.6 is 15.9 Å². The maximum atomic E-state index is 13.5. The molecule has 0 saturated heterocycles. The average molecular weight is 456 g/mol. The minimum absolute atomic E-state index is 0.198. The first-order valence-corrected chi connectivity index (χ1v) is 9.55. The number of hydrogen-bond acceptors (Lipinski definition) is 5. The van der Waals surface area contributed by atoms with Crippen LogP contribution in [-0.2, 0) is 0 Å². The van der Waals surface area contributed by atoms with Crippen molar-refractivity contribution in [1.29, 1.82) is 0 Å². The van der Waals surface area contributed by atoms with Crippen LogP contribution in [0.25, 0.3) is 17.0 Å². The van der Waals surface area contributed by atoms with E-state index in [0.29, 0.717) is 35.0 Å². The maximum Gasteiger partial charge on any atom is 0.252 e. The van der Waals surface area contributed by atoms with E-state index in [1.54, 1.807) is 42.5 Å². The number of ether oxygens (including phenoxy) is 1. The van der Waals surface area contributed by atoms with Gasteiger partial charge in [-0.1, -0.05) is 24.3 Å². The number of halogens is 2. The first-order valence-electron chi connectivity index (χ1n) is 8.76. The van der Waals surface area contributed by atoms with Crippen LogP contribution in [0.4, 0.5) is 4.39 Å². The first-order chi connectivity index (χ1) is 14.1. The Hall–Kier alpha value is -3.33. The molecule has 0 spiro atoms. The summed E-state index contributed by atoms with van der Waals surface area (Å²) in [5.74, 6) is 0.182. The van der Waals surface area contributed by atoms with Gasteiger partial charge in [0.25, 0.3) is 5.91 Å². The lowest BCUT2D eigenvalue weighted by molar-refractivity contribution is 0.0945. The second-order valence-corrected chi connectivity index (χ2v) is 6.91. The third kappa shape index (κ3) is 4.24. The molecule has 4 aromatic rings. The van der Waals surface area contributed by atoms with Crippen LogP contribution in [0.15, 0.2) is 65.1 Å². The van der Waals surface area contributed by atoms with Crippen LogP contribution in [0.3, 0.4) is 0 Å². The SMILES string of the molecule is O=C(NCCOc1ccc2nnc(-c3cccc(F)c3)n2n1)c1ccccc1Br. The van der Waals surface area contributed by atoms with Crippen LogP contribution in [0, 0.1) is 5.82 Å². The molecule has 0 fully saturated rings. The minimum Gasteiger partial charge on any atom is -0.475 e. The molecule has 29 heavy (non-hydrogen) atoms. The Balaban J connectivity index is 1.42. The van der Waals surface area contributed by atoms with Crippen molar-refractivity contribution in [2.45, 2.75) is 0 Å². The van der Waals surface area contributed by atoms with E-state index in [4.69, 9.17) is 4.74 Å². The van der Waals surface area contributed by atoms with Gasteiger partial charge in [-0.3, -0.25) is 4.79 Å². The molecule has 0 bridgehead atoms. The largest absolute Gasteiger partial charge is 0.475 e. The number of hydrogen-bond donors (Lipinski definition) is 1. The Morgan fingerprint density at radius 3 is 2.79 bits per heavy atom. The van der Waals surface area contributed by atoms with Crippen LogP contribution < -0.4 is 10.1 Å². The highest BCUT2D eigenvalue weighted by Gasteiger charge is 2.12. The van der Waals surface area contributed by atoms with Crippen molar-refractivity contribution in [3.05, 3.63) is 76.5 Å².